The number of rotatable bonds is 4. The summed E-state index contributed by atoms with van der Waals surface area (Å²) in [6.45, 7) is 7.94. The Balaban J connectivity index is 2.81. The van der Waals surface area contributed by atoms with Gasteiger partial charge in [0.05, 0.1) is 6.04 Å². The molecule has 0 fully saturated rings. The van der Waals surface area contributed by atoms with Gasteiger partial charge in [-0.3, -0.25) is 0 Å². The highest BCUT2D eigenvalue weighted by atomic mass is 16.6. The Morgan fingerprint density at radius 1 is 1.37 bits per heavy atom. The summed E-state index contributed by atoms with van der Waals surface area (Å²) in [4.78, 5) is 11.8. The summed E-state index contributed by atoms with van der Waals surface area (Å²) in [7, 11) is 0. The zero-order valence-corrected chi connectivity index (χ0v) is 12.2. The predicted molar refractivity (Wildman–Crippen MR) is 77.0 cm³/mol. The zero-order valence-electron chi connectivity index (χ0n) is 12.2. The first-order valence-electron chi connectivity index (χ1n) is 6.64. The Labute approximate surface area is 115 Å². The van der Waals surface area contributed by atoms with Crippen molar-refractivity contribution in [3.8, 4) is 0 Å². The number of ether oxygens (including phenoxy) is 1. The lowest BCUT2D eigenvalue weighted by Gasteiger charge is -2.24. The fourth-order valence-electron chi connectivity index (χ4n) is 1.91. The van der Waals surface area contributed by atoms with Gasteiger partial charge < -0.3 is 15.8 Å². The van der Waals surface area contributed by atoms with Crippen molar-refractivity contribution in [1.82, 2.24) is 5.32 Å². The second-order valence-corrected chi connectivity index (χ2v) is 5.49. The van der Waals surface area contributed by atoms with Crippen molar-refractivity contribution in [2.24, 2.45) is 5.73 Å². The van der Waals surface area contributed by atoms with Gasteiger partial charge in [0.1, 0.15) is 5.60 Å². The molecule has 0 aromatic heterocycles. The first kappa shape index (κ1) is 15.5. The van der Waals surface area contributed by atoms with Crippen molar-refractivity contribution in [3.63, 3.8) is 0 Å². The van der Waals surface area contributed by atoms with Gasteiger partial charge in [-0.2, -0.15) is 0 Å². The van der Waals surface area contributed by atoms with Gasteiger partial charge in [0, 0.05) is 6.54 Å². The third-order valence-corrected chi connectivity index (χ3v) is 2.74. The molecular weight excluding hydrogens is 240 g/mol. The molecule has 0 heterocycles. The van der Waals surface area contributed by atoms with Gasteiger partial charge in [0.2, 0.25) is 0 Å². The third-order valence-electron chi connectivity index (χ3n) is 2.74. The van der Waals surface area contributed by atoms with Crippen molar-refractivity contribution in [2.75, 3.05) is 6.54 Å². The van der Waals surface area contributed by atoms with Crippen LogP contribution >= 0.6 is 0 Å². The van der Waals surface area contributed by atoms with Gasteiger partial charge in [0.25, 0.3) is 0 Å². The van der Waals surface area contributed by atoms with Crippen LogP contribution in [0.5, 0.6) is 0 Å². The molecule has 0 spiro atoms. The largest absolute Gasteiger partial charge is 0.444 e. The number of carbonyl (C=O) groups is 1. The maximum Gasteiger partial charge on any atom is 0.408 e. The van der Waals surface area contributed by atoms with Gasteiger partial charge in [-0.15, -0.1) is 0 Å². The summed E-state index contributed by atoms with van der Waals surface area (Å²) in [5.74, 6) is 0. The molecule has 1 aromatic carbocycles. The van der Waals surface area contributed by atoms with Crippen LogP contribution in [0, 0.1) is 0 Å². The number of nitrogens with one attached hydrogen (secondary N) is 1. The minimum Gasteiger partial charge on any atom is -0.444 e. The molecule has 1 rings (SSSR count). The van der Waals surface area contributed by atoms with E-state index in [0.717, 1.165) is 12.0 Å². The topological polar surface area (TPSA) is 64.3 Å². The molecule has 19 heavy (non-hydrogen) atoms. The van der Waals surface area contributed by atoms with Gasteiger partial charge in [-0.1, -0.05) is 31.2 Å². The summed E-state index contributed by atoms with van der Waals surface area (Å²) in [5.41, 5.74) is 7.51. The first-order chi connectivity index (χ1) is 8.87. The number of aryl methyl sites for hydroxylation is 1. The number of benzene rings is 1. The van der Waals surface area contributed by atoms with Gasteiger partial charge in [-0.25, -0.2) is 4.79 Å². The standard InChI is InChI=1S/C15H24N2O2/c1-5-11-8-6-7-9-12(11)13(10-16)17-14(18)19-15(2,3)4/h6-9,13H,5,10,16H2,1-4H3,(H,17,18)/t13-/m1/s1. The second kappa shape index (κ2) is 6.57. The normalized spacial score (nSPS) is 12.9. The smallest absolute Gasteiger partial charge is 0.408 e. The maximum atomic E-state index is 11.8. The molecule has 0 saturated carbocycles. The van der Waals surface area contributed by atoms with E-state index in [0.29, 0.717) is 6.54 Å². The van der Waals surface area contributed by atoms with Crippen LogP contribution in [0.3, 0.4) is 0 Å². The average molecular weight is 264 g/mol. The van der Waals surface area contributed by atoms with Crippen LogP contribution in [0.1, 0.15) is 44.9 Å². The number of alkyl carbamates (subject to hydrolysis) is 1. The lowest BCUT2D eigenvalue weighted by atomic mass is 9.99. The molecule has 0 bridgehead atoms. The lowest BCUT2D eigenvalue weighted by Crippen LogP contribution is -2.38. The van der Waals surface area contributed by atoms with Crippen molar-refractivity contribution in [1.29, 1.82) is 0 Å². The minimum atomic E-state index is -0.506. The van der Waals surface area contributed by atoms with E-state index in [-0.39, 0.29) is 6.04 Å². The van der Waals surface area contributed by atoms with E-state index in [1.807, 2.05) is 39.0 Å². The maximum absolute atomic E-state index is 11.8. The van der Waals surface area contributed by atoms with Crippen LogP contribution in [0.15, 0.2) is 24.3 Å². The molecule has 1 amide bonds. The molecule has 0 saturated heterocycles. The molecule has 0 radical (unpaired) electrons. The Morgan fingerprint density at radius 2 is 2.00 bits per heavy atom. The Hall–Kier alpha value is -1.55. The van der Waals surface area contributed by atoms with E-state index in [9.17, 15) is 4.79 Å². The zero-order chi connectivity index (χ0) is 14.5. The van der Waals surface area contributed by atoms with E-state index in [2.05, 4.69) is 18.3 Å². The van der Waals surface area contributed by atoms with E-state index in [1.165, 1.54) is 5.56 Å². The van der Waals surface area contributed by atoms with Crippen LogP contribution in [-0.4, -0.2) is 18.2 Å². The Kier molecular flexibility index (Phi) is 5.36. The van der Waals surface area contributed by atoms with Crippen molar-refractivity contribution in [2.45, 2.75) is 45.8 Å². The van der Waals surface area contributed by atoms with E-state index < -0.39 is 11.7 Å². The molecule has 0 aliphatic rings. The predicted octanol–water partition coefficient (Wildman–Crippen LogP) is 2.77. The molecule has 106 valence electrons. The quantitative estimate of drug-likeness (QED) is 0.879. The van der Waals surface area contributed by atoms with Crippen molar-refractivity contribution in [3.05, 3.63) is 35.4 Å². The Bertz CT molecular complexity index is 424. The van der Waals surface area contributed by atoms with Gasteiger partial charge in [-0.05, 0) is 38.3 Å². The average Bonchev–Trinajstić information content (AvgIpc) is 2.33. The molecule has 1 atom stereocenters. The monoisotopic (exact) mass is 264 g/mol. The number of nitrogens with two attached hydrogens (primary N) is 1. The van der Waals surface area contributed by atoms with Gasteiger partial charge in [0.15, 0.2) is 0 Å². The molecule has 4 heteroatoms. The van der Waals surface area contributed by atoms with Crippen LogP contribution in [0.2, 0.25) is 0 Å². The summed E-state index contributed by atoms with van der Waals surface area (Å²) in [5, 5.41) is 2.83. The second-order valence-electron chi connectivity index (χ2n) is 5.49. The van der Waals surface area contributed by atoms with E-state index in [4.69, 9.17) is 10.5 Å². The van der Waals surface area contributed by atoms with Crippen LogP contribution < -0.4 is 11.1 Å². The minimum absolute atomic E-state index is 0.217. The van der Waals surface area contributed by atoms with Crippen molar-refractivity contribution < 1.29 is 9.53 Å². The van der Waals surface area contributed by atoms with E-state index >= 15 is 0 Å². The van der Waals surface area contributed by atoms with E-state index in [1.54, 1.807) is 0 Å². The molecule has 1 aromatic rings. The molecule has 4 nitrogen and oxygen atoms in total. The highest BCUT2D eigenvalue weighted by Crippen LogP contribution is 2.18. The number of carbonyl (C=O) groups excluding carboxylic acids is 1. The van der Waals surface area contributed by atoms with Crippen LogP contribution in [0.25, 0.3) is 0 Å². The molecular formula is C15H24N2O2. The number of hydrogen-bond acceptors (Lipinski definition) is 3. The van der Waals surface area contributed by atoms with Crippen molar-refractivity contribution >= 4 is 6.09 Å². The fourth-order valence-corrected chi connectivity index (χ4v) is 1.91. The lowest BCUT2D eigenvalue weighted by molar-refractivity contribution is 0.0505. The molecule has 3 N–H and O–H groups in total. The number of amides is 1. The van der Waals surface area contributed by atoms with Crippen LogP contribution in [-0.2, 0) is 11.2 Å². The summed E-state index contributed by atoms with van der Waals surface area (Å²) in [6.07, 6.45) is 0.469. The Morgan fingerprint density at radius 3 is 2.53 bits per heavy atom. The fraction of sp³-hybridized carbons (Fsp3) is 0.533. The van der Waals surface area contributed by atoms with Crippen LogP contribution in [0.4, 0.5) is 4.79 Å². The molecule has 0 unspecified atom stereocenters. The highest BCUT2D eigenvalue weighted by molar-refractivity contribution is 5.68. The molecule has 0 aliphatic heterocycles. The summed E-state index contributed by atoms with van der Waals surface area (Å²) < 4.78 is 5.26. The molecule has 0 aliphatic carbocycles. The highest BCUT2D eigenvalue weighted by Gasteiger charge is 2.20. The SMILES string of the molecule is CCc1ccccc1[C@@H](CN)NC(=O)OC(C)(C)C. The first-order valence-corrected chi connectivity index (χ1v) is 6.64. The number of hydrogen-bond donors (Lipinski definition) is 2. The summed E-state index contributed by atoms with van der Waals surface area (Å²) >= 11 is 0. The third kappa shape index (κ3) is 4.91. The van der Waals surface area contributed by atoms with Gasteiger partial charge >= 0.3 is 6.09 Å². The summed E-state index contributed by atoms with van der Waals surface area (Å²) in [6, 6.07) is 7.77.